The fraction of sp³-hybridized carbons (Fsp3) is 0.200. The molecule has 1 amide bonds. The maximum atomic E-state index is 12.6. The molecule has 0 unspecified atom stereocenters. The van der Waals surface area contributed by atoms with Crippen molar-refractivity contribution >= 4 is 22.2 Å². The number of amides is 1. The number of nitrogens with one attached hydrogen (secondary N) is 1. The zero-order valence-electron chi connectivity index (χ0n) is 13.6. The summed E-state index contributed by atoms with van der Waals surface area (Å²) in [5, 5.41) is 3.78. The lowest BCUT2D eigenvalue weighted by molar-refractivity contribution is -0.119. The molecule has 1 N–H and O–H groups in total. The van der Waals surface area contributed by atoms with Gasteiger partial charge in [-0.2, -0.15) is 0 Å². The molecule has 2 heterocycles. The fourth-order valence-corrected chi connectivity index (χ4v) is 3.85. The zero-order chi connectivity index (χ0) is 17.1. The molecule has 2 aromatic carbocycles. The van der Waals surface area contributed by atoms with Gasteiger partial charge in [0, 0.05) is 5.56 Å². The van der Waals surface area contributed by atoms with Crippen molar-refractivity contribution in [3.63, 3.8) is 0 Å². The number of ether oxygens (including phenoxy) is 1. The van der Waals surface area contributed by atoms with Crippen molar-refractivity contribution in [1.29, 1.82) is 0 Å². The van der Waals surface area contributed by atoms with Gasteiger partial charge in [0.1, 0.15) is 10.7 Å². The van der Waals surface area contributed by atoms with E-state index < -0.39 is 0 Å². The minimum absolute atomic E-state index is 0.0527. The lowest BCUT2D eigenvalue weighted by atomic mass is 9.95. The minimum atomic E-state index is -0.182. The molecular weight excluding hydrogens is 332 g/mol. The third-order valence-electron chi connectivity index (χ3n) is 4.33. The van der Waals surface area contributed by atoms with Crippen LogP contribution in [0.25, 0.3) is 11.3 Å². The van der Waals surface area contributed by atoms with Crippen LogP contribution in [0.1, 0.15) is 23.7 Å². The van der Waals surface area contributed by atoms with Crippen LogP contribution in [0, 0.1) is 0 Å². The molecule has 0 radical (unpaired) electrons. The number of fused-ring (bicyclic) bond motifs is 1. The third-order valence-corrected chi connectivity index (χ3v) is 5.07. The summed E-state index contributed by atoms with van der Waals surface area (Å²) in [6, 6.07) is 18.1. The van der Waals surface area contributed by atoms with E-state index in [1.807, 2.05) is 42.5 Å². The van der Waals surface area contributed by atoms with E-state index in [1.54, 1.807) is 5.51 Å². The molecule has 1 atom stereocenters. The predicted octanol–water partition coefficient (Wildman–Crippen LogP) is 4.45. The Balaban J connectivity index is 1.49. The summed E-state index contributed by atoms with van der Waals surface area (Å²) in [5.41, 5.74) is 5.96. The summed E-state index contributed by atoms with van der Waals surface area (Å²) in [5.74, 6) is -0.0527. The van der Waals surface area contributed by atoms with Crippen molar-refractivity contribution < 1.29 is 9.53 Å². The molecule has 1 aliphatic heterocycles. The van der Waals surface area contributed by atoms with E-state index in [0.717, 1.165) is 28.2 Å². The number of carbonyl (C=O) groups is 1. The molecule has 25 heavy (non-hydrogen) atoms. The van der Waals surface area contributed by atoms with Crippen LogP contribution in [0.5, 0.6) is 0 Å². The van der Waals surface area contributed by atoms with Crippen LogP contribution in [0.15, 0.2) is 60.1 Å². The van der Waals surface area contributed by atoms with Gasteiger partial charge in [-0.3, -0.25) is 4.79 Å². The van der Waals surface area contributed by atoms with Crippen LogP contribution in [0.4, 0.5) is 5.00 Å². The first-order chi connectivity index (χ1) is 12.3. The van der Waals surface area contributed by atoms with Gasteiger partial charge >= 0.3 is 0 Å². The van der Waals surface area contributed by atoms with Gasteiger partial charge < -0.3 is 10.1 Å². The molecule has 1 aliphatic rings. The van der Waals surface area contributed by atoms with Crippen molar-refractivity contribution in [3.8, 4) is 11.3 Å². The van der Waals surface area contributed by atoms with Gasteiger partial charge in [-0.25, -0.2) is 4.98 Å². The highest BCUT2D eigenvalue weighted by molar-refractivity contribution is 7.14. The highest BCUT2D eigenvalue weighted by atomic mass is 32.1. The normalized spacial score (nSPS) is 16.2. The van der Waals surface area contributed by atoms with Gasteiger partial charge in [-0.15, -0.1) is 11.3 Å². The SMILES string of the molecule is O=C(C[C@H]1OCCc2ccccc21)Nc1scnc1-c1ccccc1. The highest BCUT2D eigenvalue weighted by Gasteiger charge is 2.23. The summed E-state index contributed by atoms with van der Waals surface area (Å²) in [4.78, 5) is 17.0. The van der Waals surface area contributed by atoms with Crippen molar-refractivity contribution in [2.75, 3.05) is 11.9 Å². The number of hydrogen-bond acceptors (Lipinski definition) is 4. The molecule has 4 nitrogen and oxygen atoms in total. The van der Waals surface area contributed by atoms with Crippen molar-refractivity contribution in [2.45, 2.75) is 18.9 Å². The van der Waals surface area contributed by atoms with E-state index in [9.17, 15) is 4.79 Å². The molecule has 0 bridgehead atoms. The smallest absolute Gasteiger partial charge is 0.228 e. The second kappa shape index (κ2) is 7.17. The quantitative estimate of drug-likeness (QED) is 0.756. The van der Waals surface area contributed by atoms with E-state index in [-0.39, 0.29) is 12.0 Å². The number of benzene rings is 2. The van der Waals surface area contributed by atoms with Crippen LogP contribution < -0.4 is 5.32 Å². The number of thiazole rings is 1. The first-order valence-corrected chi connectivity index (χ1v) is 9.17. The molecule has 1 aromatic heterocycles. The van der Waals surface area contributed by atoms with E-state index >= 15 is 0 Å². The summed E-state index contributed by atoms with van der Waals surface area (Å²) in [6.45, 7) is 0.658. The van der Waals surface area contributed by atoms with Gasteiger partial charge in [0.25, 0.3) is 0 Å². The van der Waals surface area contributed by atoms with Crippen LogP contribution in [0.3, 0.4) is 0 Å². The Labute approximate surface area is 150 Å². The van der Waals surface area contributed by atoms with Gasteiger partial charge in [0.15, 0.2) is 0 Å². The van der Waals surface area contributed by atoms with Gasteiger partial charge in [-0.05, 0) is 17.5 Å². The third kappa shape index (κ3) is 3.48. The molecular formula is C20H18N2O2S. The molecule has 0 aliphatic carbocycles. The minimum Gasteiger partial charge on any atom is -0.373 e. The van der Waals surface area contributed by atoms with E-state index in [4.69, 9.17) is 4.74 Å². The largest absolute Gasteiger partial charge is 0.373 e. The Bertz CT molecular complexity index is 876. The van der Waals surface area contributed by atoms with E-state index in [2.05, 4.69) is 22.4 Å². The topological polar surface area (TPSA) is 51.2 Å². The predicted molar refractivity (Wildman–Crippen MR) is 99.6 cm³/mol. The lowest BCUT2D eigenvalue weighted by Gasteiger charge is -2.25. The van der Waals surface area contributed by atoms with E-state index in [1.165, 1.54) is 16.9 Å². The molecule has 0 saturated carbocycles. The Hall–Kier alpha value is -2.50. The number of hydrogen-bond donors (Lipinski definition) is 1. The summed E-state index contributed by atoms with van der Waals surface area (Å²) >= 11 is 1.44. The first-order valence-electron chi connectivity index (χ1n) is 8.29. The lowest BCUT2D eigenvalue weighted by Crippen LogP contribution is -2.22. The number of anilines is 1. The Morgan fingerprint density at radius 3 is 2.84 bits per heavy atom. The van der Waals surface area contributed by atoms with Gasteiger partial charge in [-0.1, -0.05) is 54.6 Å². The maximum absolute atomic E-state index is 12.6. The van der Waals surface area contributed by atoms with Crippen LogP contribution in [-0.2, 0) is 16.0 Å². The van der Waals surface area contributed by atoms with E-state index in [0.29, 0.717) is 13.0 Å². The van der Waals surface area contributed by atoms with Crippen molar-refractivity contribution in [2.24, 2.45) is 0 Å². The monoisotopic (exact) mass is 350 g/mol. The average Bonchev–Trinajstić information content (AvgIpc) is 3.11. The van der Waals surface area contributed by atoms with Crippen LogP contribution in [0.2, 0.25) is 0 Å². The first kappa shape index (κ1) is 16.0. The highest BCUT2D eigenvalue weighted by Crippen LogP contribution is 2.32. The van der Waals surface area contributed by atoms with Crippen LogP contribution >= 0.6 is 11.3 Å². The fourth-order valence-electron chi connectivity index (χ4n) is 3.13. The van der Waals surface area contributed by atoms with Crippen molar-refractivity contribution in [1.82, 2.24) is 4.98 Å². The summed E-state index contributed by atoms with van der Waals surface area (Å²) in [6.07, 6.45) is 1.03. The molecule has 4 rings (SSSR count). The molecule has 0 fully saturated rings. The molecule has 0 saturated heterocycles. The molecule has 5 heteroatoms. The second-order valence-corrected chi connectivity index (χ2v) is 6.81. The number of carbonyl (C=O) groups excluding carboxylic acids is 1. The standard InChI is InChI=1S/C20H18N2O2S/c23-18(12-17-16-9-5-4-6-14(16)10-11-24-17)22-20-19(21-13-25-20)15-7-2-1-3-8-15/h1-9,13,17H,10-12H2,(H,22,23)/t17-/m1/s1. The number of rotatable bonds is 4. The van der Waals surface area contributed by atoms with Crippen LogP contribution in [-0.4, -0.2) is 17.5 Å². The molecule has 3 aromatic rings. The zero-order valence-corrected chi connectivity index (χ0v) is 14.5. The summed E-state index contributed by atoms with van der Waals surface area (Å²) in [7, 11) is 0. The Kier molecular flexibility index (Phi) is 4.59. The van der Waals surface area contributed by atoms with Gasteiger partial charge in [0.05, 0.1) is 24.6 Å². The van der Waals surface area contributed by atoms with Crippen molar-refractivity contribution in [3.05, 3.63) is 71.2 Å². The molecule has 126 valence electrons. The average molecular weight is 350 g/mol. The summed E-state index contributed by atoms with van der Waals surface area (Å²) < 4.78 is 5.84. The number of aromatic nitrogens is 1. The maximum Gasteiger partial charge on any atom is 0.228 e. The Morgan fingerprint density at radius 1 is 1.16 bits per heavy atom. The Morgan fingerprint density at radius 2 is 1.96 bits per heavy atom. The molecule has 0 spiro atoms. The van der Waals surface area contributed by atoms with Gasteiger partial charge in [0.2, 0.25) is 5.91 Å². The second-order valence-electron chi connectivity index (χ2n) is 5.96. The number of nitrogens with zero attached hydrogens (tertiary/aromatic N) is 1.